The number of aryl methyl sites for hydroxylation is 1. The Morgan fingerprint density at radius 1 is 1.21 bits per heavy atom. The van der Waals surface area contributed by atoms with Crippen LogP contribution in [0.5, 0.6) is 0 Å². The molecule has 0 bridgehead atoms. The van der Waals surface area contributed by atoms with Crippen molar-refractivity contribution in [1.29, 1.82) is 0 Å². The van der Waals surface area contributed by atoms with Gasteiger partial charge < -0.3 is 10.0 Å². The summed E-state index contributed by atoms with van der Waals surface area (Å²) in [7, 11) is 1.98. The van der Waals surface area contributed by atoms with Crippen molar-refractivity contribution in [2.45, 2.75) is 26.4 Å². The van der Waals surface area contributed by atoms with Crippen LogP contribution in [0.1, 0.15) is 31.1 Å². The lowest BCUT2D eigenvalue weighted by atomic mass is 10.1. The summed E-state index contributed by atoms with van der Waals surface area (Å²) in [5.74, 6) is 0.836. The van der Waals surface area contributed by atoms with Gasteiger partial charge in [0, 0.05) is 18.9 Å². The molecule has 1 aromatic carbocycles. The zero-order valence-corrected chi connectivity index (χ0v) is 11.7. The Morgan fingerprint density at radius 3 is 2.47 bits per heavy atom. The molecule has 0 radical (unpaired) electrons. The van der Waals surface area contributed by atoms with Crippen LogP contribution < -0.4 is 4.90 Å². The van der Waals surface area contributed by atoms with Crippen LogP contribution in [0.25, 0.3) is 0 Å². The van der Waals surface area contributed by atoms with Crippen molar-refractivity contribution >= 4 is 11.5 Å². The van der Waals surface area contributed by atoms with Gasteiger partial charge >= 0.3 is 0 Å². The molecule has 1 heterocycles. The van der Waals surface area contributed by atoms with Crippen LogP contribution in [0.2, 0.25) is 0 Å². The van der Waals surface area contributed by atoms with Gasteiger partial charge in [-0.25, -0.2) is 4.98 Å². The van der Waals surface area contributed by atoms with Gasteiger partial charge in [-0.15, -0.1) is 0 Å². The Kier molecular flexibility index (Phi) is 4.17. The SMILES string of the molecule is CCc1ccc(N(C)c2cc([C@@H](C)O)ccn2)cc1. The third-order valence-corrected chi connectivity index (χ3v) is 3.33. The van der Waals surface area contributed by atoms with E-state index in [1.54, 1.807) is 13.1 Å². The van der Waals surface area contributed by atoms with Crippen molar-refractivity contribution < 1.29 is 5.11 Å². The second-order valence-corrected chi connectivity index (χ2v) is 4.70. The molecular formula is C16H20N2O. The van der Waals surface area contributed by atoms with Crippen molar-refractivity contribution in [2.75, 3.05) is 11.9 Å². The standard InChI is InChI=1S/C16H20N2O/c1-4-13-5-7-15(8-6-13)18(3)16-11-14(12(2)19)9-10-17-16/h5-12,19H,4H2,1-3H3/t12-/m1/s1. The summed E-state index contributed by atoms with van der Waals surface area (Å²) in [5.41, 5.74) is 3.29. The second-order valence-electron chi connectivity index (χ2n) is 4.70. The molecule has 1 atom stereocenters. The van der Waals surface area contributed by atoms with Gasteiger partial charge in [0.05, 0.1) is 6.10 Å². The van der Waals surface area contributed by atoms with Crippen LogP contribution in [0, 0.1) is 0 Å². The number of pyridine rings is 1. The largest absolute Gasteiger partial charge is 0.389 e. The molecule has 0 amide bonds. The fourth-order valence-corrected chi connectivity index (χ4v) is 1.96. The maximum absolute atomic E-state index is 9.62. The maximum Gasteiger partial charge on any atom is 0.133 e. The predicted molar refractivity (Wildman–Crippen MR) is 78.8 cm³/mol. The van der Waals surface area contributed by atoms with Crippen LogP contribution >= 0.6 is 0 Å². The fraction of sp³-hybridized carbons (Fsp3) is 0.312. The van der Waals surface area contributed by atoms with Gasteiger partial charge in [0.25, 0.3) is 0 Å². The lowest BCUT2D eigenvalue weighted by molar-refractivity contribution is 0.199. The molecule has 0 fully saturated rings. The Balaban J connectivity index is 2.27. The van der Waals surface area contributed by atoms with Gasteiger partial charge in [-0.2, -0.15) is 0 Å². The minimum absolute atomic E-state index is 0.474. The van der Waals surface area contributed by atoms with Gasteiger partial charge in [0.15, 0.2) is 0 Å². The lowest BCUT2D eigenvalue weighted by Crippen LogP contribution is -2.11. The summed E-state index contributed by atoms with van der Waals surface area (Å²) in [4.78, 5) is 6.37. The molecule has 0 saturated heterocycles. The number of hydrogen-bond donors (Lipinski definition) is 1. The van der Waals surface area contributed by atoms with E-state index in [2.05, 4.69) is 36.2 Å². The van der Waals surface area contributed by atoms with E-state index in [-0.39, 0.29) is 0 Å². The molecule has 19 heavy (non-hydrogen) atoms. The van der Waals surface area contributed by atoms with E-state index in [1.165, 1.54) is 5.56 Å². The first-order chi connectivity index (χ1) is 9.11. The van der Waals surface area contributed by atoms with E-state index in [0.29, 0.717) is 0 Å². The van der Waals surface area contributed by atoms with Gasteiger partial charge in [0.2, 0.25) is 0 Å². The normalized spacial score (nSPS) is 12.2. The third-order valence-electron chi connectivity index (χ3n) is 3.33. The Morgan fingerprint density at radius 2 is 1.89 bits per heavy atom. The number of aromatic nitrogens is 1. The number of aliphatic hydroxyl groups excluding tert-OH is 1. The predicted octanol–water partition coefficient (Wildman–Crippen LogP) is 3.47. The molecule has 2 aromatic rings. The van der Waals surface area contributed by atoms with Crippen molar-refractivity contribution in [2.24, 2.45) is 0 Å². The smallest absolute Gasteiger partial charge is 0.133 e. The number of rotatable bonds is 4. The Bertz CT molecular complexity index is 535. The van der Waals surface area contributed by atoms with E-state index < -0.39 is 6.10 Å². The number of anilines is 2. The van der Waals surface area contributed by atoms with E-state index in [9.17, 15) is 5.11 Å². The van der Waals surface area contributed by atoms with E-state index in [1.807, 2.05) is 24.1 Å². The molecule has 1 aromatic heterocycles. The molecule has 0 spiro atoms. The summed E-state index contributed by atoms with van der Waals surface area (Å²) < 4.78 is 0. The van der Waals surface area contributed by atoms with Gasteiger partial charge in [-0.3, -0.25) is 0 Å². The average molecular weight is 256 g/mol. The molecule has 0 saturated carbocycles. The molecular weight excluding hydrogens is 236 g/mol. The van der Waals surface area contributed by atoms with E-state index >= 15 is 0 Å². The van der Waals surface area contributed by atoms with Crippen LogP contribution in [0.4, 0.5) is 11.5 Å². The topological polar surface area (TPSA) is 36.4 Å². The highest BCUT2D eigenvalue weighted by molar-refractivity contribution is 5.59. The van der Waals surface area contributed by atoms with E-state index in [0.717, 1.165) is 23.5 Å². The third kappa shape index (κ3) is 3.12. The fourth-order valence-electron chi connectivity index (χ4n) is 1.96. The highest BCUT2D eigenvalue weighted by atomic mass is 16.3. The van der Waals surface area contributed by atoms with Crippen molar-refractivity contribution in [3.8, 4) is 0 Å². The van der Waals surface area contributed by atoms with Gasteiger partial charge in [-0.1, -0.05) is 19.1 Å². The first-order valence-corrected chi connectivity index (χ1v) is 6.58. The Hall–Kier alpha value is -1.87. The van der Waals surface area contributed by atoms with Crippen LogP contribution in [-0.4, -0.2) is 17.1 Å². The molecule has 3 heteroatoms. The van der Waals surface area contributed by atoms with Crippen LogP contribution in [0.3, 0.4) is 0 Å². The molecule has 2 rings (SSSR count). The van der Waals surface area contributed by atoms with Gasteiger partial charge in [0.1, 0.15) is 5.82 Å². The first-order valence-electron chi connectivity index (χ1n) is 6.58. The van der Waals surface area contributed by atoms with Crippen molar-refractivity contribution in [1.82, 2.24) is 4.98 Å². The first kappa shape index (κ1) is 13.6. The molecule has 0 unspecified atom stereocenters. The molecule has 0 aliphatic rings. The molecule has 100 valence electrons. The van der Waals surface area contributed by atoms with Crippen molar-refractivity contribution in [3.63, 3.8) is 0 Å². The molecule has 0 aliphatic carbocycles. The summed E-state index contributed by atoms with van der Waals surface area (Å²) in [6.07, 6.45) is 2.30. The van der Waals surface area contributed by atoms with Crippen molar-refractivity contribution in [3.05, 3.63) is 53.7 Å². The average Bonchev–Trinajstić information content (AvgIpc) is 2.46. The molecule has 0 aliphatic heterocycles. The zero-order valence-electron chi connectivity index (χ0n) is 11.7. The molecule has 3 nitrogen and oxygen atoms in total. The minimum atomic E-state index is -0.474. The van der Waals surface area contributed by atoms with Crippen LogP contribution in [-0.2, 0) is 6.42 Å². The van der Waals surface area contributed by atoms with E-state index in [4.69, 9.17) is 0 Å². The second kappa shape index (κ2) is 5.85. The Labute approximate surface area is 114 Å². The summed E-state index contributed by atoms with van der Waals surface area (Å²) in [5, 5.41) is 9.62. The summed E-state index contributed by atoms with van der Waals surface area (Å²) >= 11 is 0. The highest BCUT2D eigenvalue weighted by Gasteiger charge is 2.08. The highest BCUT2D eigenvalue weighted by Crippen LogP contribution is 2.24. The zero-order chi connectivity index (χ0) is 13.8. The summed E-state index contributed by atoms with van der Waals surface area (Å²) in [6, 6.07) is 12.2. The lowest BCUT2D eigenvalue weighted by Gasteiger charge is -2.19. The van der Waals surface area contributed by atoms with Gasteiger partial charge in [-0.05, 0) is 48.7 Å². The summed E-state index contributed by atoms with van der Waals surface area (Å²) in [6.45, 7) is 3.90. The monoisotopic (exact) mass is 256 g/mol. The van der Waals surface area contributed by atoms with Crippen LogP contribution in [0.15, 0.2) is 42.6 Å². The quantitative estimate of drug-likeness (QED) is 0.910. The maximum atomic E-state index is 9.62. The number of aliphatic hydroxyl groups is 1. The minimum Gasteiger partial charge on any atom is -0.389 e. The number of hydrogen-bond acceptors (Lipinski definition) is 3. The number of nitrogens with zero attached hydrogens (tertiary/aromatic N) is 2. The molecule has 1 N–H and O–H groups in total. The number of benzene rings is 1.